The van der Waals surface area contributed by atoms with Crippen LogP contribution >= 0.6 is 0 Å². The molecule has 1 N–H and O–H groups in total. The first-order valence-electron chi connectivity index (χ1n) is 13.8. The molecule has 0 fully saturated rings. The van der Waals surface area contributed by atoms with Gasteiger partial charge in [-0.05, 0) is 68.5 Å². The van der Waals surface area contributed by atoms with Crippen LogP contribution in [0.25, 0.3) is 0 Å². The Labute approximate surface area is 239 Å². The molecule has 0 aliphatic carbocycles. The van der Waals surface area contributed by atoms with Crippen molar-refractivity contribution in [2.24, 2.45) is 0 Å². The van der Waals surface area contributed by atoms with Gasteiger partial charge in [-0.15, -0.1) is 0 Å². The van der Waals surface area contributed by atoms with Gasteiger partial charge < -0.3 is 10.2 Å². The Bertz CT molecular complexity index is 1380. The number of sulfonamides is 1. The van der Waals surface area contributed by atoms with E-state index in [1.807, 2.05) is 57.2 Å². The van der Waals surface area contributed by atoms with Crippen molar-refractivity contribution in [3.63, 3.8) is 0 Å². The zero-order valence-electron chi connectivity index (χ0n) is 24.3. The molecule has 0 heterocycles. The van der Waals surface area contributed by atoms with Crippen LogP contribution in [0.1, 0.15) is 62.3 Å². The van der Waals surface area contributed by atoms with E-state index >= 15 is 0 Å². The third-order valence-electron chi connectivity index (χ3n) is 6.93. The van der Waals surface area contributed by atoms with Gasteiger partial charge in [0.15, 0.2) is 0 Å². The molecule has 7 nitrogen and oxygen atoms in total. The predicted molar refractivity (Wildman–Crippen MR) is 161 cm³/mol. The molecular weight excluding hydrogens is 522 g/mol. The molecule has 3 aromatic rings. The number of aryl methyl sites for hydroxylation is 2. The van der Waals surface area contributed by atoms with Crippen molar-refractivity contribution in [2.45, 2.75) is 71.4 Å². The van der Waals surface area contributed by atoms with E-state index in [1.165, 1.54) is 4.90 Å². The van der Waals surface area contributed by atoms with Crippen molar-refractivity contribution in [1.29, 1.82) is 0 Å². The maximum atomic E-state index is 14.0. The molecule has 1 atom stereocenters. The Hall–Kier alpha value is -3.65. The number of nitrogens with one attached hydrogen (secondary N) is 1. The van der Waals surface area contributed by atoms with Crippen LogP contribution in [0.2, 0.25) is 0 Å². The lowest BCUT2D eigenvalue weighted by Gasteiger charge is -2.32. The first-order valence-corrected chi connectivity index (χ1v) is 15.2. The van der Waals surface area contributed by atoms with Gasteiger partial charge in [-0.3, -0.25) is 13.9 Å². The minimum absolute atomic E-state index is 0.0951. The maximum Gasteiger partial charge on any atom is 0.264 e. The zero-order valence-corrected chi connectivity index (χ0v) is 25.2. The lowest BCUT2D eigenvalue weighted by molar-refractivity contribution is -0.139. The summed E-state index contributed by atoms with van der Waals surface area (Å²) in [6.07, 6.45) is 0.763. The van der Waals surface area contributed by atoms with Crippen LogP contribution in [-0.2, 0) is 26.2 Å². The normalized spacial score (nSPS) is 12.2. The van der Waals surface area contributed by atoms with Gasteiger partial charge in [-0.1, -0.05) is 80.4 Å². The van der Waals surface area contributed by atoms with Crippen LogP contribution in [0, 0.1) is 13.8 Å². The molecular formula is C32H41N3O4S. The van der Waals surface area contributed by atoms with E-state index in [0.717, 1.165) is 33.0 Å². The molecule has 0 aliphatic rings. The molecule has 214 valence electrons. The minimum atomic E-state index is -4.09. The van der Waals surface area contributed by atoms with Crippen molar-refractivity contribution < 1.29 is 18.0 Å². The third-order valence-corrected chi connectivity index (χ3v) is 8.71. The van der Waals surface area contributed by atoms with Gasteiger partial charge in [0.05, 0.1) is 10.6 Å². The lowest BCUT2D eigenvalue weighted by Crippen LogP contribution is -2.51. The average molecular weight is 564 g/mol. The van der Waals surface area contributed by atoms with Crippen LogP contribution in [0.4, 0.5) is 5.69 Å². The number of nitrogens with zero attached hydrogens (tertiary/aromatic N) is 2. The summed E-state index contributed by atoms with van der Waals surface area (Å²) in [5, 5.41) is 2.86. The van der Waals surface area contributed by atoms with Crippen LogP contribution in [0.3, 0.4) is 0 Å². The fourth-order valence-electron chi connectivity index (χ4n) is 4.26. The van der Waals surface area contributed by atoms with Crippen LogP contribution in [0.5, 0.6) is 0 Å². The fourth-order valence-corrected chi connectivity index (χ4v) is 5.67. The van der Waals surface area contributed by atoms with Crippen molar-refractivity contribution in [2.75, 3.05) is 17.4 Å². The Morgan fingerprint density at radius 2 is 1.38 bits per heavy atom. The van der Waals surface area contributed by atoms with Crippen molar-refractivity contribution in [3.8, 4) is 0 Å². The number of anilines is 1. The summed E-state index contributed by atoms with van der Waals surface area (Å²) < 4.78 is 29.0. The highest BCUT2D eigenvalue weighted by Gasteiger charge is 2.32. The topological polar surface area (TPSA) is 86.8 Å². The van der Waals surface area contributed by atoms with E-state index in [2.05, 4.69) is 19.2 Å². The molecule has 3 rings (SSSR count). The molecule has 40 heavy (non-hydrogen) atoms. The molecule has 0 saturated carbocycles. The van der Waals surface area contributed by atoms with Gasteiger partial charge in [0.1, 0.15) is 12.6 Å². The molecule has 2 amide bonds. The smallest absolute Gasteiger partial charge is 0.264 e. The van der Waals surface area contributed by atoms with Gasteiger partial charge in [-0.2, -0.15) is 0 Å². The van der Waals surface area contributed by atoms with Crippen LogP contribution in [0.15, 0.2) is 77.7 Å². The highest BCUT2D eigenvalue weighted by Crippen LogP contribution is 2.27. The Balaban J connectivity index is 2.03. The SMILES string of the molecule is CCCNC(=O)C(C)N(Cc1ccc(C)cc1)C(=O)CN(c1ccc(C(C)C)cc1)S(=O)(=O)c1ccc(C)cc1. The van der Waals surface area contributed by atoms with Gasteiger partial charge >= 0.3 is 0 Å². The summed E-state index contributed by atoms with van der Waals surface area (Å²) in [4.78, 5) is 28.5. The fraction of sp³-hybridized carbons (Fsp3) is 0.375. The Kier molecular flexibility index (Phi) is 10.5. The second kappa shape index (κ2) is 13.6. The summed E-state index contributed by atoms with van der Waals surface area (Å²) in [7, 11) is -4.09. The van der Waals surface area contributed by atoms with Crippen LogP contribution < -0.4 is 9.62 Å². The molecule has 0 bridgehead atoms. The summed E-state index contributed by atoms with van der Waals surface area (Å²) >= 11 is 0. The highest BCUT2D eigenvalue weighted by molar-refractivity contribution is 7.92. The summed E-state index contributed by atoms with van der Waals surface area (Å²) in [5.41, 5.74) is 4.31. The van der Waals surface area contributed by atoms with E-state index in [-0.39, 0.29) is 23.3 Å². The summed E-state index contributed by atoms with van der Waals surface area (Å²) in [6, 6.07) is 20.7. The molecule has 0 spiro atoms. The van der Waals surface area contributed by atoms with Crippen molar-refractivity contribution in [1.82, 2.24) is 10.2 Å². The first kappa shape index (κ1) is 30.9. The largest absolute Gasteiger partial charge is 0.354 e. The predicted octanol–water partition coefficient (Wildman–Crippen LogP) is 5.57. The van der Waals surface area contributed by atoms with E-state index < -0.39 is 28.5 Å². The molecule has 8 heteroatoms. The minimum Gasteiger partial charge on any atom is -0.354 e. The highest BCUT2D eigenvalue weighted by atomic mass is 32.2. The Morgan fingerprint density at radius 1 is 0.825 bits per heavy atom. The number of hydrogen-bond donors (Lipinski definition) is 1. The van der Waals surface area contributed by atoms with E-state index in [9.17, 15) is 18.0 Å². The van der Waals surface area contributed by atoms with Crippen molar-refractivity contribution >= 4 is 27.5 Å². The zero-order chi connectivity index (χ0) is 29.4. The first-order chi connectivity index (χ1) is 18.9. The maximum absolute atomic E-state index is 14.0. The summed E-state index contributed by atoms with van der Waals surface area (Å²) in [6.45, 7) is 11.8. The second-order valence-corrected chi connectivity index (χ2v) is 12.4. The van der Waals surface area contributed by atoms with Gasteiger partial charge in [-0.25, -0.2) is 8.42 Å². The number of carbonyl (C=O) groups excluding carboxylic acids is 2. The van der Waals surface area contributed by atoms with Crippen LogP contribution in [-0.4, -0.2) is 44.3 Å². The average Bonchev–Trinajstić information content (AvgIpc) is 2.94. The van der Waals surface area contributed by atoms with Gasteiger partial charge in [0.25, 0.3) is 10.0 Å². The number of carbonyl (C=O) groups is 2. The molecule has 1 unspecified atom stereocenters. The molecule has 0 saturated heterocycles. The summed E-state index contributed by atoms with van der Waals surface area (Å²) in [5.74, 6) is -0.481. The number of amides is 2. The quantitative estimate of drug-likeness (QED) is 0.312. The molecule has 0 radical (unpaired) electrons. The van der Waals surface area contributed by atoms with Gasteiger partial charge in [0.2, 0.25) is 11.8 Å². The number of hydrogen-bond acceptors (Lipinski definition) is 4. The Morgan fingerprint density at radius 3 is 1.90 bits per heavy atom. The van der Waals surface area contributed by atoms with E-state index in [0.29, 0.717) is 12.2 Å². The molecule has 0 aromatic heterocycles. The second-order valence-electron chi connectivity index (χ2n) is 10.5. The standard InChI is InChI=1S/C32H41N3O4S/c1-7-20-33-32(37)26(6)34(21-27-12-8-24(4)9-13-27)31(36)22-35(29-16-14-28(15-17-29)23(2)3)40(38,39)30-18-10-25(5)11-19-30/h8-19,23,26H,7,20-22H2,1-6H3,(H,33,37). The number of rotatable bonds is 12. The monoisotopic (exact) mass is 563 g/mol. The third kappa shape index (κ3) is 7.72. The van der Waals surface area contributed by atoms with E-state index in [1.54, 1.807) is 43.3 Å². The molecule has 3 aromatic carbocycles. The van der Waals surface area contributed by atoms with Gasteiger partial charge in [0, 0.05) is 13.1 Å². The van der Waals surface area contributed by atoms with Crippen molar-refractivity contribution in [3.05, 3.63) is 95.1 Å². The molecule has 0 aliphatic heterocycles. The van der Waals surface area contributed by atoms with E-state index in [4.69, 9.17) is 0 Å². The lowest BCUT2D eigenvalue weighted by atomic mass is 10.0. The number of benzene rings is 3.